The van der Waals surface area contributed by atoms with Crippen LogP contribution in [0.3, 0.4) is 0 Å². The van der Waals surface area contributed by atoms with E-state index in [0.29, 0.717) is 25.9 Å². The third-order valence-electron chi connectivity index (χ3n) is 3.93. The molecule has 2 amide bonds. The van der Waals surface area contributed by atoms with E-state index in [4.69, 9.17) is 5.73 Å². The van der Waals surface area contributed by atoms with Crippen molar-refractivity contribution in [3.8, 4) is 0 Å². The van der Waals surface area contributed by atoms with Gasteiger partial charge in [-0.05, 0) is 12.8 Å². The Morgan fingerprint density at radius 1 is 1.30 bits per heavy atom. The predicted octanol–water partition coefficient (Wildman–Crippen LogP) is 1.09. The Hall–Kier alpha value is -2.02. The number of alkyl halides is 2. The van der Waals surface area contributed by atoms with Crippen LogP contribution in [0.2, 0.25) is 0 Å². The number of piperidine rings is 1. The van der Waals surface area contributed by atoms with Gasteiger partial charge in [-0.2, -0.15) is 8.78 Å². The second-order valence-electron chi connectivity index (χ2n) is 5.61. The Morgan fingerprint density at radius 3 is 2.65 bits per heavy atom. The molecule has 126 valence electrons. The molecular formula is C16H21F2N3O2. The van der Waals surface area contributed by atoms with Gasteiger partial charge in [0.05, 0.1) is 5.92 Å². The Bertz CT molecular complexity index is 552. The van der Waals surface area contributed by atoms with Crippen molar-refractivity contribution in [1.82, 2.24) is 10.2 Å². The lowest BCUT2D eigenvalue weighted by molar-refractivity contribution is -0.161. The van der Waals surface area contributed by atoms with Crippen molar-refractivity contribution in [1.29, 1.82) is 0 Å². The summed E-state index contributed by atoms with van der Waals surface area (Å²) in [6.07, 6.45) is 1.11. The summed E-state index contributed by atoms with van der Waals surface area (Å²) in [6.45, 7) is 0.899. The van der Waals surface area contributed by atoms with Crippen molar-refractivity contribution >= 4 is 11.8 Å². The minimum Gasteiger partial charge on any atom is -0.355 e. The van der Waals surface area contributed by atoms with Crippen LogP contribution in [-0.4, -0.2) is 42.9 Å². The van der Waals surface area contributed by atoms with Gasteiger partial charge < -0.3 is 16.0 Å². The Kier molecular flexibility index (Phi) is 5.65. The number of likely N-dealkylation sites (tertiary alicyclic amines) is 1. The largest absolute Gasteiger partial charge is 0.355 e. The summed E-state index contributed by atoms with van der Waals surface area (Å²) in [5.41, 5.74) is 4.99. The summed E-state index contributed by atoms with van der Waals surface area (Å²) in [7, 11) is 0. The van der Waals surface area contributed by atoms with Gasteiger partial charge in [-0.1, -0.05) is 30.3 Å². The molecular weight excluding hydrogens is 304 g/mol. The van der Waals surface area contributed by atoms with Gasteiger partial charge in [-0.25, -0.2) is 0 Å². The Labute approximate surface area is 133 Å². The minimum atomic E-state index is -3.59. The van der Waals surface area contributed by atoms with Gasteiger partial charge in [0.15, 0.2) is 0 Å². The van der Waals surface area contributed by atoms with Gasteiger partial charge in [-0.3, -0.25) is 9.59 Å². The molecule has 1 aliphatic heterocycles. The summed E-state index contributed by atoms with van der Waals surface area (Å²) in [4.78, 5) is 25.3. The molecule has 0 aliphatic carbocycles. The van der Waals surface area contributed by atoms with Crippen LogP contribution in [0.15, 0.2) is 30.3 Å². The number of nitrogens with one attached hydrogen (secondary N) is 1. The predicted molar refractivity (Wildman–Crippen MR) is 81.7 cm³/mol. The fraction of sp³-hybridized carbons (Fsp3) is 0.500. The van der Waals surface area contributed by atoms with E-state index in [-0.39, 0.29) is 24.6 Å². The van der Waals surface area contributed by atoms with E-state index >= 15 is 0 Å². The van der Waals surface area contributed by atoms with E-state index in [1.165, 1.54) is 24.3 Å². The molecule has 0 radical (unpaired) electrons. The first-order valence-corrected chi connectivity index (χ1v) is 7.67. The molecule has 1 aliphatic rings. The summed E-state index contributed by atoms with van der Waals surface area (Å²) < 4.78 is 28.7. The van der Waals surface area contributed by atoms with Crippen LogP contribution in [0.25, 0.3) is 0 Å². The number of nitrogens with zero attached hydrogens (tertiary/aromatic N) is 1. The average molecular weight is 325 g/mol. The topological polar surface area (TPSA) is 75.4 Å². The SMILES string of the molecule is NCCNC(=O)C1CCCN(C(=O)C(F)(F)c2ccccc2)C1. The molecule has 1 saturated heterocycles. The van der Waals surface area contributed by atoms with Gasteiger partial charge in [0.25, 0.3) is 5.91 Å². The molecule has 0 aromatic heterocycles. The molecule has 0 saturated carbocycles. The van der Waals surface area contributed by atoms with Crippen molar-refractivity contribution in [3.63, 3.8) is 0 Å². The van der Waals surface area contributed by atoms with Crippen molar-refractivity contribution in [2.75, 3.05) is 26.2 Å². The van der Waals surface area contributed by atoms with Crippen LogP contribution >= 0.6 is 0 Å². The summed E-state index contributed by atoms with van der Waals surface area (Å²) >= 11 is 0. The molecule has 5 nitrogen and oxygen atoms in total. The smallest absolute Gasteiger partial charge is 0.349 e. The zero-order chi connectivity index (χ0) is 16.9. The quantitative estimate of drug-likeness (QED) is 0.851. The number of amides is 2. The Morgan fingerprint density at radius 2 is 2.00 bits per heavy atom. The average Bonchev–Trinajstić information content (AvgIpc) is 2.59. The normalized spacial score (nSPS) is 18.6. The molecule has 2 rings (SSSR count). The molecule has 0 spiro atoms. The zero-order valence-corrected chi connectivity index (χ0v) is 12.8. The molecule has 23 heavy (non-hydrogen) atoms. The van der Waals surface area contributed by atoms with E-state index in [2.05, 4.69) is 5.32 Å². The van der Waals surface area contributed by atoms with Gasteiger partial charge in [0.2, 0.25) is 5.91 Å². The first-order valence-electron chi connectivity index (χ1n) is 7.67. The molecule has 0 bridgehead atoms. The van der Waals surface area contributed by atoms with Crippen LogP contribution in [0.4, 0.5) is 8.78 Å². The van der Waals surface area contributed by atoms with Gasteiger partial charge in [0.1, 0.15) is 0 Å². The number of hydrogen-bond donors (Lipinski definition) is 2. The second kappa shape index (κ2) is 7.50. The fourth-order valence-electron chi connectivity index (χ4n) is 2.68. The van der Waals surface area contributed by atoms with E-state index in [1.807, 2.05) is 0 Å². The van der Waals surface area contributed by atoms with Crippen LogP contribution in [-0.2, 0) is 15.5 Å². The number of nitrogens with two attached hydrogens (primary N) is 1. The highest BCUT2D eigenvalue weighted by atomic mass is 19.3. The molecule has 1 fully saturated rings. The first kappa shape index (κ1) is 17.3. The van der Waals surface area contributed by atoms with Crippen molar-refractivity contribution in [2.45, 2.75) is 18.8 Å². The van der Waals surface area contributed by atoms with Crippen molar-refractivity contribution < 1.29 is 18.4 Å². The number of halogens is 2. The van der Waals surface area contributed by atoms with Crippen LogP contribution < -0.4 is 11.1 Å². The van der Waals surface area contributed by atoms with Crippen molar-refractivity contribution in [3.05, 3.63) is 35.9 Å². The maximum absolute atomic E-state index is 14.4. The molecule has 1 aromatic carbocycles. The van der Waals surface area contributed by atoms with Crippen LogP contribution in [0.1, 0.15) is 18.4 Å². The molecule has 3 N–H and O–H groups in total. The minimum absolute atomic E-state index is 0.0116. The fourth-order valence-corrected chi connectivity index (χ4v) is 2.68. The van der Waals surface area contributed by atoms with Gasteiger partial charge in [0, 0.05) is 31.7 Å². The third kappa shape index (κ3) is 4.04. The monoisotopic (exact) mass is 325 g/mol. The maximum atomic E-state index is 14.4. The van der Waals surface area contributed by atoms with E-state index in [1.54, 1.807) is 6.07 Å². The summed E-state index contributed by atoms with van der Waals surface area (Å²) in [5.74, 6) is -5.54. The number of hydrogen-bond acceptors (Lipinski definition) is 3. The van der Waals surface area contributed by atoms with Crippen molar-refractivity contribution in [2.24, 2.45) is 11.7 Å². The highest BCUT2D eigenvalue weighted by molar-refractivity contribution is 5.86. The highest BCUT2D eigenvalue weighted by Gasteiger charge is 2.45. The van der Waals surface area contributed by atoms with Gasteiger partial charge in [-0.15, -0.1) is 0 Å². The van der Waals surface area contributed by atoms with Crippen LogP contribution in [0, 0.1) is 5.92 Å². The maximum Gasteiger partial charge on any atom is 0.349 e. The second-order valence-corrected chi connectivity index (χ2v) is 5.61. The number of rotatable bonds is 5. The lowest BCUT2D eigenvalue weighted by atomic mass is 9.96. The van der Waals surface area contributed by atoms with Gasteiger partial charge >= 0.3 is 5.92 Å². The highest BCUT2D eigenvalue weighted by Crippen LogP contribution is 2.31. The summed E-state index contributed by atoms with van der Waals surface area (Å²) in [5, 5.41) is 2.64. The molecule has 7 heteroatoms. The van der Waals surface area contributed by atoms with E-state index in [0.717, 1.165) is 4.90 Å². The van der Waals surface area contributed by atoms with E-state index < -0.39 is 17.7 Å². The molecule has 1 unspecified atom stereocenters. The first-order chi connectivity index (χ1) is 11.0. The van der Waals surface area contributed by atoms with Crippen LogP contribution in [0.5, 0.6) is 0 Å². The molecule has 1 heterocycles. The summed E-state index contributed by atoms with van der Waals surface area (Å²) in [6, 6.07) is 7.01. The number of carbonyl (C=O) groups excluding carboxylic acids is 2. The zero-order valence-electron chi connectivity index (χ0n) is 12.8. The third-order valence-corrected chi connectivity index (χ3v) is 3.93. The Balaban J connectivity index is 2.05. The lowest BCUT2D eigenvalue weighted by Gasteiger charge is -2.34. The standard InChI is InChI=1S/C16H21F2N3O2/c17-16(18,13-6-2-1-3-7-13)15(23)21-10-4-5-12(11-21)14(22)20-9-8-19/h1-3,6-7,12H,4-5,8-11,19H2,(H,20,22). The number of carbonyl (C=O) groups is 2. The molecule has 1 atom stereocenters. The lowest BCUT2D eigenvalue weighted by Crippen LogP contribution is -2.50. The van der Waals surface area contributed by atoms with E-state index in [9.17, 15) is 18.4 Å². The number of benzene rings is 1. The molecule has 1 aromatic rings.